The van der Waals surface area contributed by atoms with Gasteiger partial charge in [0.05, 0.1) is 9.75 Å². The topological polar surface area (TPSA) is 89.8 Å². The molecule has 0 bridgehead atoms. The van der Waals surface area contributed by atoms with Crippen molar-refractivity contribution in [1.29, 1.82) is 0 Å². The van der Waals surface area contributed by atoms with Gasteiger partial charge in [0.2, 0.25) is 0 Å². The van der Waals surface area contributed by atoms with Gasteiger partial charge in [-0.1, -0.05) is 0 Å². The highest BCUT2D eigenvalue weighted by molar-refractivity contribution is 7.17. The predicted octanol–water partition coefficient (Wildman–Crippen LogP) is 0.891. The number of carbonyl (C=O) groups is 1. The number of aryl methyl sites for hydroxylation is 1. The van der Waals surface area contributed by atoms with E-state index in [0.29, 0.717) is 16.3 Å². The summed E-state index contributed by atoms with van der Waals surface area (Å²) >= 11 is 1.29. The molecule has 0 aromatic carbocycles. The lowest BCUT2D eigenvalue weighted by Gasteiger charge is -2.00. The maximum atomic E-state index is 12.1. The summed E-state index contributed by atoms with van der Waals surface area (Å²) in [6.07, 6.45) is 0. The van der Waals surface area contributed by atoms with Gasteiger partial charge in [0.15, 0.2) is 17.3 Å². The number of imidazole rings is 1. The molecule has 0 saturated heterocycles. The van der Waals surface area contributed by atoms with E-state index in [1.807, 2.05) is 0 Å². The lowest BCUT2D eigenvalue weighted by molar-refractivity contribution is 0.102. The molecule has 0 fully saturated rings. The summed E-state index contributed by atoms with van der Waals surface area (Å²) in [4.78, 5) is 43.9. The van der Waals surface area contributed by atoms with Crippen molar-refractivity contribution in [2.75, 3.05) is 0 Å². The summed E-state index contributed by atoms with van der Waals surface area (Å²) in [6.45, 7) is 1.49. The highest BCUT2D eigenvalue weighted by atomic mass is 32.1. The SMILES string of the molecule is CC(=O)c1ccc(-c2nc3c([nH]2)c(=O)n(C)c(=O)n3C)s1. The Balaban J connectivity index is 2.28. The molecular weight excluding hydrogens is 292 g/mol. The Bertz CT molecular complexity index is 989. The van der Waals surface area contributed by atoms with E-state index in [1.165, 1.54) is 29.9 Å². The largest absolute Gasteiger partial charge is 0.332 e. The molecule has 21 heavy (non-hydrogen) atoms. The maximum absolute atomic E-state index is 12.1. The van der Waals surface area contributed by atoms with E-state index >= 15 is 0 Å². The van der Waals surface area contributed by atoms with E-state index < -0.39 is 11.2 Å². The lowest BCUT2D eigenvalue weighted by Crippen LogP contribution is -2.36. The fourth-order valence-electron chi connectivity index (χ4n) is 2.10. The number of ketones is 1. The number of aromatic nitrogens is 4. The van der Waals surface area contributed by atoms with Crippen LogP contribution in [0.1, 0.15) is 16.6 Å². The molecule has 3 rings (SSSR count). The van der Waals surface area contributed by atoms with E-state index in [-0.39, 0.29) is 11.3 Å². The molecular formula is C13H12N4O3S. The molecule has 0 unspecified atom stereocenters. The van der Waals surface area contributed by atoms with Crippen LogP contribution in [0.15, 0.2) is 21.7 Å². The van der Waals surface area contributed by atoms with Crippen LogP contribution in [0.4, 0.5) is 0 Å². The molecule has 0 spiro atoms. The number of aromatic amines is 1. The second kappa shape index (κ2) is 4.52. The van der Waals surface area contributed by atoms with Gasteiger partial charge in [0.25, 0.3) is 5.56 Å². The van der Waals surface area contributed by atoms with Crippen LogP contribution in [-0.2, 0) is 14.1 Å². The van der Waals surface area contributed by atoms with Gasteiger partial charge in [-0.2, -0.15) is 0 Å². The minimum atomic E-state index is -0.429. The van der Waals surface area contributed by atoms with Gasteiger partial charge in [0.1, 0.15) is 5.52 Å². The summed E-state index contributed by atoms with van der Waals surface area (Å²) < 4.78 is 2.34. The molecule has 0 aliphatic heterocycles. The molecule has 0 atom stereocenters. The summed E-state index contributed by atoms with van der Waals surface area (Å²) in [5, 5.41) is 0. The van der Waals surface area contributed by atoms with E-state index in [1.54, 1.807) is 19.2 Å². The first kappa shape index (κ1) is 13.5. The van der Waals surface area contributed by atoms with Crippen molar-refractivity contribution < 1.29 is 4.79 Å². The van der Waals surface area contributed by atoms with Crippen molar-refractivity contribution in [3.8, 4) is 10.7 Å². The Morgan fingerprint density at radius 1 is 1.24 bits per heavy atom. The number of Topliss-reactive ketones (excluding diaryl/α,β-unsaturated/α-hetero) is 1. The molecule has 0 radical (unpaired) electrons. The van der Waals surface area contributed by atoms with Gasteiger partial charge in [-0.15, -0.1) is 11.3 Å². The molecule has 3 heterocycles. The van der Waals surface area contributed by atoms with Gasteiger partial charge in [-0.3, -0.25) is 18.7 Å². The number of nitrogens with one attached hydrogen (secondary N) is 1. The van der Waals surface area contributed by atoms with E-state index in [4.69, 9.17) is 0 Å². The van der Waals surface area contributed by atoms with Crippen molar-refractivity contribution in [3.63, 3.8) is 0 Å². The fraction of sp³-hybridized carbons (Fsp3) is 0.231. The second-order valence-corrected chi connectivity index (χ2v) is 5.79. The minimum Gasteiger partial charge on any atom is -0.331 e. The summed E-state index contributed by atoms with van der Waals surface area (Å²) in [5.74, 6) is 0.450. The normalized spacial score (nSPS) is 11.2. The molecule has 7 nitrogen and oxygen atoms in total. The Kier molecular flexibility index (Phi) is 2.91. The van der Waals surface area contributed by atoms with Crippen molar-refractivity contribution in [3.05, 3.63) is 37.8 Å². The average molecular weight is 304 g/mol. The highest BCUT2D eigenvalue weighted by Gasteiger charge is 2.15. The Labute approximate surface area is 122 Å². The van der Waals surface area contributed by atoms with Gasteiger partial charge < -0.3 is 4.98 Å². The van der Waals surface area contributed by atoms with Crippen LogP contribution in [0.3, 0.4) is 0 Å². The maximum Gasteiger partial charge on any atom is 0.332 e. The molecule has 108 valence electrons. The smallest absolute Gasteiger partial charge is 0.331 e. The molecule has 0 saturated carbocycles. The van der Waals surface area contributed by atoms with Gasteiger partial charge in [0, 0.05) is 14.1 Å². The minimum absolute atomic E-state index is 0.0225. The molecule has 3 aromatic heterocycles. The predicted molar refractivity (Wildman–Crippen MR) is 79.9 cm³/mol. The Morgan fingerprint density at radius 2 is 1.95 bits per heavy atom. The second-order valence-electron chi connectivity index (χ2n) is 4.71. The van der Waals surface area contributed by atoms with Crippen LogP contribution in [-0.4, -0.2) is 24.9 Å². The molecule has 3 aromatic rings. The van der Waals surface area contributed by atoms with Crippen LogP contribution in [0, 0.1) is 0 Å². The molecule has 0 amide bonds. The van der Waals surface area contributed by atoms with Crippen LogP contribution in [0.5, 0.6) is 0 Å². The zero-order valence-corrected chi connectivity index (χ0v) is 12.4. The third-order valence-corrected chi connectivity index (χ3v) is 4.47. The third kappa shape index (κ3) is 1.95. The first-order valence-corrected chi connectivity index (χ1v) is 6.98. The highest BCUT2D eigenvalue weighted by Crippen LogP contribution is 2.27. The zero-order valence-electron chi connectivity index (χ0n) is 11.6. The van der Waals surface area contributed by atoms with E-state index in [0.717, 1.165) is 9.44 Å². The lowest BCUT2D eigenvalue weighted by atomic mass is 10.3. The number of rotatable bonds is 2. The number of thiophene rings is 1. The Hall–Kier alpha value is -2.48. The van der Waals surface area contributed by atoms with Crippen LogP contribution in [0.25, 0.3) is 21.9 Å². The number of fused-ring (bicyclic) bond motifs is 1. The standard InChI is InChI=1S/C13H12N4O3S/c1-6(18)7-4-5-8(21-7)10-14-9-11(15-10)16(2)13(20)17(3)12(9)19/h4-5H,1-3H3,(H,14,15). The zero-order chi connectivity index (χ0) is 15.3. The van der Waals surface area contributed by atoms with Crippen molar-refractivity contribution in [1.82, 2.24) is 19.1 Å². The molecule has 8 heteroatoms. The van der Waals surface area contributed by atoms with E-state index in [9.17, 15) is 14.4 Å². The first-order chi connectivity index (χ1) is 9.90. The van der Waals surface area contributed by atoms with Crippen LogP contribution >= 0.6 is 11.3 Å². The number of carbonyl (C=O) groups excluding carboxylic acids is 1. The summed E-state index contributed by atoms with van der Waals surface area (Å²) in [7, 11) is 2.98. The van der Waals surface area contributed by atoms with Crippen molar-refractivity contribution in [2.24, 2.45) is 14.1 Å². The van der Waals surface area contributed by atoms with Gasteiger partial charge in [-0.05, 0) is 19.1 Å². The van der Waals surface area contributed by atoms with Crippen molar-refractivity contribution in [2.45, 2.75) is 6.92 Å². The number of H-pyrrole nitrogens is 1. The summed E-state index contributed by atoms with van der Waals surface area (Å²) in [5.41, 5.74) is -0.278. The quantitative estimate of drug-likeness (QED) is 0.712. The van der Waals surface area contributed by atoms with Crippen molar-refractivity contribution >= 4 is 28.3 Å². The third-order valence-electron chi connectivity index (χ3n) is 3.28. The van der Waals surface area contributed by atoms with E-state index in [2.05, 4.69) is 9.97 Å². The van der Waals surface area contributed by atoms with Gasteiger partial charge in [-0.25, -0.2) is 9.78 Å². The molecule has 1 N–H and O–H groups in total. The first-order valence-electron chi connectivity index (χ1n) is 6.17. The molecule has 0 aliphatic carbocycles. The monoisotopic (exact) mass is 304 g/mol. The average Bonchev–Trinajstić information content (AvgIpc) is 3.08. The van der Waals surface area contributed by atoms with Crippen LogP contribution in [0.2, 0.25) is 0 Å². The van der Waals surface area contributed by atoms with Gasteiger partial charge >= 0.3 is 5.69 Å². The number of hydrogen-bond donors (Lipinski definition) is 1. The fourth-order valence-corrected chi connectivity index (χ4v) is 2.94. The number of hydrogen-bond acceptors (Lipinski definition) is 5. The molecule has 0 aliphatic rings. The summed E-state index contributed by atoms with van der Waals surface area (Å²) in [6, 6.07) is 3.48. The number of nitrogens with zero attached hydrogens (tertiary/aromatic N) is 3. The van der Waals surface area contributed by atoms with Crippen LogP contribution < -0.4 is 11.2 Å². The Morgan fingerprint density at radius 3 is 2.57 bits per heavy atom.